The van der Waals surface area contributed by atoms with Gasteiger partial charge in [0.05, 0.1) is 5.70 Å². The van der Waals surface area contributed by atoms with Crippen LogP contribution in [0.4, 0.5) is 5.69 Å². The van der Waals surface area contributed by atoms with Gasteiger partial charge in [-0.15, -0.1) is 0 Å². The SMILES string of the molecule is C=C1c2ccc(C)cc2C(c2ccccc2)=C(c2ccccc2)N1c1cc(C)cc(C)c1. The molecule has 1 nitrogen and oxygen atoms in total. The molecule has 0 N–H and O–H groups in total. The van der Waals surface area contributed by atoms with Crippen molar-refractivity contribution < 1.29 is 0 Å². The van der Waals surface area contributed by atoms with Crippen LogP contribution in [-0.2, 0) is 0 Å². The monoisotopic (exact) mass is 413 g/mol. The molecule has 0 unspecified atom stereocenters. The summed E-state index contributed by atoms with van der Waals surface area (Å²) in [6.45, 7) is 11.1. The first-order valence-corrected chi connectivity index (χ1v) is 11.1. The smallest absolute Gasteiger partial charge is 0.0618 e. The van der Waals surface area contributed by atoms with Crippen molar-refractivity contribution in [3.8, 4) is 0 Å². The number of nitrogens with zero attached hydrogens (tertiary/aromatic N) is 1. The standard InChI is InChI=1S/C31H27N/c1-21-15-16-28-24(4)32(27-18-22(2)17-23(3)19-27)31(26-13-9-6-10-14-26)30(29(28)20-21)25-11-7-5-8-12-25/h5-20H,4H2,1-3H3. The Balaban J connectivity index is 1.92. The van der Waals surface area contributed by atoms with Gasteiger partial charge in [0.25, 0.3) is 0 Å². The Morgan fingerprint density at radius 3 is 1.78 bits per heavy atom. The number of benzene rings is 4. The summed E-state index contributed by atoms with van der Waals surface area (Å²) in [6.07, 6.45) is 0. The van der Waals surface area contributed by atoms with E-state index >= 15 is 0 Å². The zero-order valence-corrected chi connectivity index (χ0v) is 18.9. The Morgan fingerprint density at radius 1 is 0.562 bits per heavy atom. The third kappa shape index (κ3) is 3.46. The molecule has 0 atom stereocenters. The van der Waals surface area contributed by atoms with Crippen LogP contribution in [0.5, 0.6) is 0 Å². The van der Waals surface area contributed by atoms with Crippen molar-refractivity contribution in [1.29, 1.82) is 0 Å². The zero-order valence-electron chi connectivity index (χ0n) is 18.9. The highest BCUT2D eigenvalue weighted by Gasteiger charge is 2.31. The van der Waals surface area contributed by atoms with Gasteiger partial charge in [0.2, 0.25) is 0 Å². The minimum absolute atomic E-state index is 1.00. The van der Waals surface area contributed by atoms with E-state index in [9.17, 15) is 0 Å². The summed E-state index contributed by atoms with van der Waals surface area (Å²) in [5.41, 5.74) is 13.1. The van der Waals surface area contributed by atoms with Crippen molar-refractivity contribution in [2.75, 3.05) is 4.90 Å². The highest BCUT2D eigenvalue weighted by Crippen LogP contribution is 2.47. The van der Waals surface area contributed by atoms with Crippen LogP contribution in [0.2, 0.25) is 0 Å². The van der Waals surface area contributed by atoms with Gasteiger partial charge >= 0.3 is 0 Å². The lowest BCUT2D eigenvalue weighted by Crippen LogP contribution is -2.26. The van der Waals surface area contributed by atoms with Crippen LogP contribution < -0.4 is 4.90 Å². The molecule has 1 heterocycles. The van der Waals surface area contributed by atoms with Crippen LogP contribution in [0.1, 0.15) is 38.9 Å². The highest BCUT2D eigenvalue weighted by molar-refractivity contribution is 6.14. The van der Waals surface area contributed by atoms with Gasteiger partial charge in [0.15, 0.2) is 0 Å². The molecule has 0 radical (unpaired) electrons. The number of anilines is 1. The molecular weight excluding hydrogens is 386 g/mol. The van der Waals surface area contributed by atoms with E-state index in [-0.39, 0.29) is 0 Å². The van der Waals surface area contributed by atoms with Crippen LogP contribution >= 0.6 is 0 Å². The number of aryl methyl sites for hydroxylation is 3. The lowest BCUT2D eigenvalue weighted by atomic mass is 9.84. The molecule has 0 spiro atoms. The van der Waals surface area contributed by atoms with Gasteiger partial charge in [-0.1, -0.05) is 97.1 Å². The fourth-order valence-electron chi connectivity index (χ4n) is 4.74. The molecular formula is C31H27N. The Hall–Kier alpha value is -3.84. The molecule has 0 bridgehead atoms. The predicted octanol–water partition coefficient (Wildman–Crippen LogP) is 8.02. The molecule has 0 amide bonds. The average molecular weight is 414 g/mol. The summed E-state index contributed by atoms with van der Waals surface area (Å²) in [5.74, 6) is 0. The van der Waals surface area contributed by atoms with E-state index in [1.807, 2.05) is 0 Å². The van der Waals surface area contributed by atoms with Crippen molar-refractivity contribution in [3.63, 3.8) is 0 Å². The molecule has 1 aliphatic heterocycles. The Morgan fingerprint density at radius 2 is 1.16 bits per heavy atom. The lowest BCUT2D eigenvalue weighted by molar-refractivity contribution is 1.24. The van der Waals surface area contributed by atoms with Crippen molar-refractivity contribution >= 4 is 22.7 Å². The van der Waals surface area contributed by atoms with Crippen molar-refractivity contribution in [2.45, 2.75) is 20.8 Å². The molecule has 5 rings (SSSR count). The molecule has 156 valence electrons. The maximum absolute atomic E-state index is 4.60. The summed E-state index contributed by atoms with van der Waals surface area (Å²) in [4.78, 5) is 2.34. The fourth-order valence-corrected chi connectivity index (χ4v) is 4.74. The maximum Gasteiger partial charge on any atom is 0.0618 e. The molecule has 0 aliphatic carbocycles. The maximum atomic E-state index is 4.60. The molecule has 32 heavy (non-hydrogen) atoms. The topological polar surface area (TPSA) is 3.24 Å². The molecule has 1 aliphatic rings. The Bertz CT molecular complexity index is 1320. The summed E-state index contributed by atoms with van der Waals surface area (Å²) in [6, 6.07) is 34.8. The first kappa shape index (κ1) is 20.1. The molecule has 0 aromatic heterocycles. The Labute approximate surface area is 191 Å². The second-order valence-corrected chi connectivity index (χ2v) is 8.63. The van der Waals surface area contributed by atoms with E-state index in [2.05, 4.69) is 129 Å². The van der Waals surface area contributed by atoms with Crippen molar-refractivity contribution in [3.05, 3.63) is 143 Å². The second-order valence-electron chi connectivity index (χ2n) is 8.63. The van der Waals surface area contributed by atoms with Gasteiger partial charge in [-0.05, 0) is 60.7 Å². The number of hydrogen-bond acceptors (Lipinski definition) is 1. The van der Waals surface area contributed by atoms with Gasteiger partial charge in [-0.3, -0.25) is 0 Å². The van der Waals surface area contributed by atoms with Crippen LogP contribution in [-0.4, -0.2) is 0 Å². The summed E-state index contributed by atoms with van der Waals surface area (Å²) in [5, 5.41) is 0. The largest absolute Gasteiger partial charge is 0.309 e. The molecule has 0 fully saturated rings. The number of hydrogen-bond donors (Lipinski definition) is 0. The zero-order chi connectivity index (χ0) is 22.2. The minimum Gasteiger partial charge on any atom is -0.309 e. The van der Waals surface area contributed by atoms with Crippen molar-refractivity contribution in [2.24, 2.45) is 0 Å². The fraction of sp³-hybridized carbons (Fsp3) is 0.0968. The molecule has 0 saturated carbocycles. The number of fused-ring (bicyclic) bond motifs is 1. The lowest BCUT2D eigenvalue weighted by Gasteiger charge is -2.38. The van der Waals surface area contributed by atoms with E-state index in [0.717, 1.165) is 11.4 Å². The number of rotatable bonds is 3. The predicted molar refractivity (Wildman–Crippen MR) is 137 cm³/mol. The molecule has 1 heteroatoms. The molecule has 4 aromatic carbocycles. The third-order valence-electron chi connectivity index (χ3n) is 6.06. The Kier molecular flexibility index (Phi) is 5.03. The average Bonchev–Trinajstić information content (AvgIpc) is 2.79. The molecule has 0 saturated heterocycles. The van der Waals surface area contributed by atoms with E-state index in [4.69, 9.17) is 0 Å². The van der Waals surface area contributed by atoms with Gasteiger partial charge in [0.1, 0.15) is 0 Å². The minimum atomic E-state index is 1.00. The van der Waals surface area contributed by atoms with Gasteiger partial charge in [-0.2, -0.15) is 0 Å². The summed E-state index contributed by atoms with van der Waals surface area (Å²) < 4.78 is 0. The highest BCUT2D eigenvalue weighted by atomic mass is 15.2. The first-order valence-electron chi connectivity index (χ1n) is 11.1. The van der Waals surface area contributed by atoms with E-state index in [1.165, 1.54) is 50.2 Å². The van der Waals surface area contributed by atoms with Crippen LogP contribution in [0, 0.1) is 20.8 Å². The molecule has 4 aromatic rings. The summed E-state index contributed by atoms with van der Waals surface area (Å²) in [7, 11) is 0. The van der Waals surface area contributed by atoms with Crippen LogP contribution in [0.15, 0.2) is 104 Å². The van der Waals surface area contributed by atoms with Crippen LogP contribution in [0.3, 0.4) is 0 Å². The quantitative estimate of drug-likeness (QED) is 0.329. The van der Waals surface area contributed by atoms with Crippen molar-refractivity contribution in [1.82, 2.24) is 0 Å². The van der Waals surface area contributed by atoms with E-state index in [1.54, 1.807) is 0 Å². The summed E-state index contributed by atoms with van der Waals surface area (Å²) >= 11 is 0. The van der Waals surface area contributed by atoms with Gasteiger partial charge < -0.3 is 4.90 Å². The van der Waals surface area contributed by atoms with Gasteiger partial charge in [0, 0.05) is 22.5 Å². The van der Waals surface area contributed by atoms with Crippen LogP contribution in [0.25, 0.3) is 17.0 Å². The first-order chi connectivity index (χ1) is 15.5. The van der Waals surface area contributed by atoms with Gasteiger partial charge in [-0.25, -0.2) is 0 Å². The normalized spacial score (nSPS) is 13.3. The van der Waals surface area contributed by atoms with E-state index in [0.29, 0.717) is 0 Å². The third-order valence-corrected chi connectivity index (χ3v) is 6.06. The van der Waals surface area contributed by atoms with E-state index < -0.39 is 0 Å². The second kappa shape index (κ2) is 8.01.